The van der Waals surface area contributed by atoms with Crippen LogP contribution in [0.15, 0.2) is 73.2 Å². The van der Waals surface area contributed by atoms with E-state index in [0.717, 1.165) is 23.5 Å². The first-order valence-corrected chi connectivity index (χ1v) is 10.5. The van der Waals surface area contributed by atoms with Gasteiger partial charge in [-0.1, -0.05) is 18.2 Å². The summed E-state index contributed by atoms with van der Waals surface area (Å²) in [5.41, 5.74) is 2.64. The van der Waals surface area contributed by atoms with Crippen molar-refractivity contribution in [2.24, 2.45) is 0 Å². The summed E-state index contributed by atoms with van der Waals surface area (Å²) in [6.07, 6.45) is 5.40. The van der Waals surface area contributed by atoms with E-state index in [-0.39, 0.29) is 18.3 Å². The smallest absolute Gasteiger partial charge is 0.113 e. The van der Waals surface area contributed by atoms with E-state index < -0.39 is 0 Å². The molecule has 31 heavy (non-hydrogen) atoms. The molecular formula is C24H27N3O4. The summed E-state index contributed by atoms with van der Waals surface area (Å²) in [5.74, 6) is 0. The summed E-state index contributed by atoms with van der Waals surface area (Å²) in [6.45, 7) is 2.22. The third-order valence-corrected chi connectivity index (χ3v) is 5.05. The van der Waals surface area contributed by atoms with E-state index in [1.165, 1.54) is 0 Å². The molecular weight excluding hydrogens is 394 g/mol. The summed E-state index contributed by atoms with van der Waals surface area (Å²) in [6, 6.07) is 17.4. The Morgan fingerprint density at radius 1 is 0.742 bits per heavy atom. The number of hydrogen-bond acceptors (Lipinski definition) is 7. The molecule has 0 bridgehead atoms. The second kappa shape index (κ2) is 11.6. The summed E-state index contributed by atoms with van der Waals surface area (Å²) >= 11 is 0. The third kappa shape index (κ3) is 6.63. The Morgan fingerprint density at radius 2 is 1.32 bits per heavy atom. The average molecular weight is 421 g/mol. The van der Waals surface area contributed by atoms with Gasteiger partial charge in [-0.2, -0.15) is 0 Å². The molecule has 0 aromatic carbocycles. The van der Waals surface area contributed by atoms with Crippen LogP contribution in [0, 0.1) is 0 Å². The van der Waals surface area contributed by atoms with E-state index in [1.54, 1.807) is 18.6 Å². The van der Waals surface area contributed by atoms with Crippen LogP contribution >= 0.6 is 0 Å². The molecule has 1 aliphatic heterocycles. The highest BCUT2D eigenvalue weighted by molar-refractivity contribution is 5.04. The fourth-order valence-electron chi connectivity index (χ4n) is 3.47. The quantitative estimate of drug-likeness (QED) is 0.497. The molecule has 162 valence electrons. The topological polar surface area (TPSA) is 75.6 Å². The molecule has 3 aromatic rings. The van der Waals surface area contributed by atoms with E-state index in [4.69, 9.17) is 18.9 Å². The van der Waals surface area contributed by atoms with Crippen molar-refractivity contribution in [2.75, 3.05) is 13.2 Å². The zero-order chi connectivity index (χ0) is 21.1. The van der Waals surface area contributed by atoms with Crippen molar-refractivity contribution in [3.05, 3.63) is 90.3 Å². The fourth-order valence-corrected chi connectivity index (χ4v) is 3.47. The summed E-state index contributed by atoms with van der Waals surface area (Å²) in [5, 5.41) is 0. The van der Waals surface area contributed by atoms with Gasteiger partial charge in [-0.25, -0.2) is 0 Å². The van der Waals surface area contributed by atoms with Gasteiger partial charge in [0.1, 0.15) is 12.2 Å². The van der Waals surface area contributed by atoms with Crippen LogP contribution in [0.2, 0.25) is 0 Å². The number of pyridine rings is 3. The van der Waals surface area contributed by atoms with Crippen molar-refractivity contribution in [2.45, 2.75) is 44.6 Å². The van der Waals surface area contributed by atoms with Gasteiger partial charge in [0, 0.05) is 25.2 Å². The molecule has 1 saturated heterocycles. The number of nitrogens with zero attached hydrogens (tertiary/aromatic N) is 3. The Hall–Kier alpha value is -2.71. The zero-order valence-corrected chi connectivity index (χ0v) is 17.4. The van der Waals surface area contributed by atoms with Crippen LogP contribution in [0.5, 0.6) is 0 Å². The Labute approximate surface area is 182 Å². The standard InChI is InChI=1S/C24H27N3O4/c1-4-11-25-19(7-1)15-28-18-23-24(31-17-21-9-3-6-13-27-21)22(10-14-29-23)30-16-20-8-2-5-12-26-20/h1-9,11-13,22-24H,10,14-18H2/t22-,23-,24-/m1/s1. The van der Waals surface area contributed by atoms with Crippen molar-refractivity contribution in [3.63, 3.8) is 0 Å². The van der Waals surface area contributed by atoms with E-state index in [1.807, 2.05) is 54.6 Å². The van der Waals surface area contributed by atoms with Crippen LogP contribution in [0.1, 0.15) is 23.5 Å². The molecule has 0 amide bonds. The van der Waals surface area contributed by atoms with Gasteiger partial charge >= 0.3 is 0 Å². The monoisotopic (exact) mass is 421 g/mol. The van der Waals surface area contributed by atoms with Gasteiger partial charge in [-0.05, 0) is 42.8 Å². The number of hydrogen-bond donors (Lipinski definition) is 0. The highest BCUT2D eigenvalue weighted by Crippen LogP contribution is 2.23. The van der Waals surface area contributed by atoms with Gasteiger partial charge in [0.25, 0.3) is 0 Å². The Bertz CT molecular complexity index is 883. The molecule has 0 spiro atoms. The van der Waals surface area contributed by atoms with Crippen molar-refractivity contribution in [1.82, 2.24) is 15.0 Å². The number of aromatic nitrogens is 3. The number of rotatable bonds is 10. The lowest BCUT2D eigenvalue weighted by molar-refractivity contribution is -0.198. The van der Waals surface area contributed by atoms with Crippen LogP contribution in [0.3, 0.4) is 0 Å². The Kier molecular flexibility index (Phi) is 8.07. The maximum atomic E-state index is 6.26. The SMILES string of the molecule is c1ccc(COC[C@H]2OCC[C@@H](OCc3ccccn3)[C@H]2OCc2ccccn2)nc1. The van der Waals surface area contributed by atoms with Crippen LogP contribution < -0.4 is 0 Å². The Balaban J connectivity index is 1.38. The minimum Gasteiger partial charge on any atom is -0.373 e. The van der Waals surface area contributed by atoms with Crippen LogP contribution in [0.25, 0.3) is 0 Å². The van der Waals surface area contributed by atoms with Crippen LogP contribution in [-0.2, 0) is 38.8 Å². The second-order valence-corrected chi connectivity index (χ2v) is 7.30. The fraction of sp³-hybridized carbons (Fsp3) is 0.375. The van der Waals surface area contributed by atoms with Crippen molar-refractivity contribution in [3.8, 4) is 0 Å². The lowest BCUT2D eigenvalue weighted by Gasteiger charge is -2.37. The lowest BCUT2D eigenvalue weighted by Crippen LogP contribution is -2.49. The van der Waals surface area contributed by atoms with Gasteiger partial charge in [0.15, 0.2) is 0 Å². The van der Waals surface area contributed by atoms with Crippen LogP contribution in [0.4, 0.5) is 0 Å². The van der Waals surface area contributed by atoms with Crippen molar-refractivity contribution >= 4 is 0 Å². The normalized spacial score (nSPS) is 21.1. The maximum Gasteiger partial charge on any atom is 0.113 e. The van der Waals surface area contributed by atoms with Gasteiger partial charge in [0.2, 0.25) is 0 Å². The molecule has 3 aromatic heterocycles. The highest BCUT2D eigenvalue weighted by atomic mass is 16.6. The summed E-state index contributed by atoms with van der Waals surface area (Å²) in [7, 11) is 0. The maximum absolute atomic E-state index is 6.26. The van der Waals surface area contributed by atoms with Gasteiger partial charge in [0.05, 0.1) is 49.6 Å². The number of ether oxygens (including phenoxy) is 4. The van der Waals surface area contributed by atoms with Gasteiger partial charge < -0.3 is 18.9 Å². The molecule has 0 radical (unpaired) electrons. The molecule has 0 saturated carbocycles. The third-order valence-electron chi connectivity index (χ3n) is 5.05. The molecule has 1 fully saturated rings. The molecule has 3 atom stereocenters. The first-order chi connectivity index (χ1) is 15.4. The largest absolute Gasteiger partial charge is 0.373 e. The van der Waals surface area contributed by atoms with Crippen molar-refractivity contribution < 1.29 is 18.9 Å². The van der Waals surface area contributed by atoms with Gasteiger partial charge in [-0.15, -0.1) is 0 Å². The molecule has 7 nitrogen and oxygen atoms in total. The first-order valence-electron chi connectivity index (χ1n) is 10.5. The average Bonchev–Trinajstić information content (AvgIpc) is 2.84. The summed E-state index contributed by atoms with van der Waals surface area (Å²) < 4.78 is 24.4. The van der Waals surface area contributed by atoms with Gasteiger partial charge in [-0.3, -0.25) is 15.0 Å². The second-order valence-electron chi connectivity index (χ2n) is 7.30. The predicted octanol–water partition coefficient (Wildman–Crippen LogP) is 3.35. The minimum absolute atomic E-state index is 0.122. The highest BCUT2D eigenvalue weighted by Gasteiger charge is 2.36. The lowest BCUT2D eigenvalue weighted by atomic mass is 10.0. The minimum atomic E-state index is -0.275. The molecule has 4 rings (SSSR count). The van der Waals surface area contributed by atoms with E-state index in [2.05, 4.69) is 15.0 Å². The molecule has 0 unspecified atom stereocenters. The van der Waals surface area contributed by atoms with E-state index in [0.29, 0.717) is 33.0 Å². The van der Waals surface area contributed by atoms with Crippen LogP contribution in [-0.4, -0.2) is 46.5 Å². The molecule has 4 heterocycles. The molecule has 0 aliphatic carbocycles. The molecule has 1 aliphatic rings. The molecule has 7 heteroatoms. The van der Waals surface area contributed by atoms with Crippen molar-refractivity contribution in [1.29, 1.82) is 0 Å². The first kappa shape index (κ1) is 21.5. The zero-order valence-electron chi connectivity index (χ0n) is 17.4. The summed E-state index contributed by atoms with van der Waals surface area (Å²) in [4.78, 5) is 13.0. The van der Waals surface area contributed by atoms with E-state index in [9.17, 15) is 0 Å². The predicted molar refractivity (Wildman–Crippen MR) is 114 cm³/mol. The molecule has 0 N–H and O–H groups in total. The van der Waals surface area contributed by atoms with E-state index >= 15 is 0 Å². The Morgan fingerprint density at radius 3 is 1.90 bits per heavy atom.